The SMILES string of the molecule is COc1cc(CNC(=O)CCCC/C=C/C(C)C)ccc1OCCCCCCNc1c2c(nc3ccccc13)CCCC2. The Labute approximate surface area is 258 Å². The second-order valence-electron chi connectivity index (χ2n) is 12.0. The lowest BCUT2D eigenvalue weighted by molar-refractivity contribution is -0.121. The fraction of sp³-hybridized carbons (Fsp3) is 0.514. The first kappa shape index (κ1) is 32.4. The van der Waals surface area contributed by atoms with Gasteiger partial charge in [-0.15, -0.1) is 0 Å². The predicted octanol–water partition coefficient (Wildman–Crippen LogP) is 8.56. The standard InChI is InChI=1S/C37H51N3O3/c1-28(2)16-8-4-5-9-21-36(41)39-27-29-22-23-34(35(26-29)42-3)43-25-15-7-6-14-24-38-37-30-17-10-12-19-32(30)40-33-20-13-11-18-31(33)37/h8,10,12,16-17,19,22-23,26,28H,4-7,9,11,13-15,18,20-21,24-25,27H2,1-3H3,(H,38,40)(H,39,41)/b16-8+. The molecule has 0 saturated carbocycles. The molecule has 232 valence electrons. The molecule has 0 fully saturated rings. The quantitative estimate of drug-likeness (QED) is 0.116. The molecule has 6 heteroatoms. The third-order valence-electron chi connectivity index (χ3n) is 8.06. The molecule has 1 heterocycles. The Morgan fingerprint density at radius 1 is 0.977 bits per heavy atom. The molecule has 1 aliphatic carbocycles. The summed E-state index contributed by atoms with van der Waals surface area (Å²) >= 11 is 0. The van der Waals surface area contributed by atoms with Crippen LogP contribution in [0.3, 0.4) is 0 Å². The molecular weight excluding hydrogens is 534 g/mol. The van der Waals surface area contributed by atoms with Gasteiger partial charge in [-0.05, 0) is 93.0 Å². The number of methoxy groups -OCH3 is 1. The van der Waals surface area contributed by atoms with Gasteiger partial charge >= 0.3 is 0 Å². The summed E-state index contributed by atoms with van der Waals surface area (Å²) in [4.78, 5) is 17.2. The molecule has 43 heavy (non-hydrogen) atoms. The zero-order valence-electron chi connectivity index (χ0n) is 26.6. The van der Waals surface area contributed by atoms with Crippen molar-refractivity contribution in [2.75, 3.05) is 25.6 Å². The van der Waals surface area contributed by atoms with Gasteiger partial charge in [0, 0.05) is 36.3 Å². The average Bonchev–Trinajstić information content (AvgIpc) is 3.02. The van der Waals surface area contributed by atoms with Gasteiger partial charge in [0.05, 0.1) is 19.2 Å². The lowest BCUT2D eigenvalue weighted by Gasteiger charge is -2.21. The van der Waals surface area contributed by atoms with E-state index >= 15 is 0 Å². The molecule has 1 amide bonds. The number of carbonyl (C=O) groups excluding carboxylic acids is 1. The number of unbranched alkanes of at least 4 members (excludes halogenated alkanes) is 5. The molecule has 0 aliphatic heterocycles. The fourth-order valence-corrected chi connectivity index (χ4v) is 5.70. The molecule has 3 aromatic rings. The van der Waals surface area contributed by atoms with E-state index in [0.717, 1.165) is 81.2 Å². The molecule has 1 aromatic heterocycles. The summed E-state index contributed by atoms with van der Waals surface area (Å²) in [5, 5.41) is 8.05. The number of para-hydroxylation sites is 1. The molecule has 0 atom stereocenters. The van der Waals surface area contributed by atoms with Crippen molar-refractivity contribution in [2.45, 2.75) is 97.4 Å². The van der Waals surface area contributed by atoms with Gasteiger partial charge in [-0.1, -0.05) is 63.1 Å². The highest BCUT2D eigenvalue weighted by atomic mass is 16.5. The number of ether oxygens (including phenoxy) is 2. The molecule has 0 saturated heterocycles. The zero-order valence-corrected chi connectivity index (χ0v) is 26.6. The first-order valence-electron chi connectivity index (χ1n) is 16.4. The second kappa shape index (κ2) is 17.5. The lowest BCUT2D eigenvalue weighted by atomic mass is 9.92. The van der Waals surface area contributed by atoms with Gasteiger partial charge in [0.1, 0.15) is 0 Å². The third kappa shape index (κ3) is 10.3. The van der Waals surface area contributed by atoms with E-state index in [0.29, 0.717) is 31.2 Å². The van der Waals surface area contributed by atoms with Crippen LogP contribution in [0.5, 0.6) is 11.5 Å². The van der Waals surface area contributed by atoms with Crippen LogP contribution in [0.15, 0.2) is 54.6 Å². The molecule has 6 nitrogen and oxygen atoms in total. The minimum absolute atomic E-state index is 0.0934. The molecule has 0 unspecified atom stereocenters. The fourth-order valence-electron chi connectivity index (χ4n) is 5.70. The van der Waals surface area contributed by atoms with Crippen LogP contribution in [0, 0.1) is 5.92 Å². The number of pyridine rings is 1. The highest BCUT2D eigenvalue weighted by Gasteiger charge is 2.17. The van der Waals surface area contributed by atoms with Crippen LogP contribution in [0.1, 0.15) is 94.9 Å². The number of aryl methyl sites for hydroxylation is 1. The van der Waals surface area contributed by atoms with Gasteiger partial charge in [0.2, 0.25) is 5.91 Å². The van der Waals surface area contributed by atoms with E-state index in [-0.39, 0.29) is 5.91 Å². The molecule has 4 rings (SSSR count). The summed E-state index contributed by atoms with van der Waals surface area (Å²) in [6.45, 7) is 6.48. The maximum atomic E-state index is 12.2. The van der Waals surface area contributed by atoms with Crippen LogP contribution in [0.2, 0.25) is 0 Å². The molecular formula is C37H51N3O3. The Bertz CT molecular complexity index is 1330. The van der Waals surface area contributed by atoms with Gasteiger partial charge in [-0.3, -0.25) is 9.78 Å². The second-order valence-corrected chi connectivity index (χ2v) is 12.0. The van der Waals surface area contributed by atoms with Gasteiger partial charge < -0.3 is 20.1 Å². The van der Waals surface area contributed by atoms with Gasteiger partial charge in [-0.25, -0.2) is 0 Å². The van der Waals surface area contributed by atoms with E-state index in [9.17, 15) is 4.79 Å². The van der Waals surface area contributed by atoms with E-state index in [1.165, 1.54) is 35.2 Å². The number of allylic oxidation sites excluding steroid dienone is 2. The van der Waals surface area contributed by atoms with Crippen molar-refractivity contribution in [3.8, 4) is 11.5 Å². The lowest BCUT2D eigenvalue weighted by Crippen LogP contribution is -2.22. The predicted molar refractivity (Wildman–Crippen MR) is 178 cm³/mol. The molecule has 2 N–H and O–H groups in total. The largest absolute Gasteiger partial charge is 0.493 e. The van der Waals surface area contributed by atoms with E-state index in [1.54, 1.807) is 7.11 Å². The highest BCUT2D eigenvalue weighted by molar-refractivity contribution is 5.93. The van der Waals surface area contributed by atoms with E-state index in [2.05, 4.69) is 60.9 Å². The molecule has 0 bridgehead atoms. The number of nitrogens with zero attached hydrogens (tertiary/aromatic N) is 1. The number of fused-ring (bicyclic) bond motifs is 2. The summed E-state index contributed by atoms with van der Waals surface area (Å²) in [5.41, 5.74) is 6.14. The van der Waals surface area contributed by atoms with Crippen molar-refractivity contribution in [3.05, 3.63) is 71.4 Å². The van der Waals surface area contributed by atoms with Crippen molar-refractivity contribution < 1.29 is 14.3 Å². The number of amides is 1. The van der Waals surface area contributed by atoms with Crippen LogP contribution in [0.25, 0.3) is 10.9 Å². The van der Waals surface area contributed by atoms with Gasteiger partial charge in [0.15, 0.2) is 11.5 Å². The van der Waals surface area contributed by atoms with Gasteiger partial charge in [0.25, 0.3) is 0 Å². The Balaban J connectivity index is 1.12. The first-order chi connectivity index (χ1) is 21.0. The number of anilines is 1. The van der Waals surface area contributed by atoms with Crippen molar-refractivity contribution in [1.82, 2.24) is 10.3 Å². The van der Waals surface area contributed by atoms with Crippen molar-refractivity contribution >= 4 is 22.5 Å². The number of hydrogen-bond donors (Lipinski definition) is 2. The van der Waals surface area contributed by atoms with Crippen LogP contribution >= 0.6 is 0 Å². The third-order valence-corrected chi connectivity index (χ3v) is 8.06. The Morgan fingerprint density at radius 2 is 1.81 bits per heavy atom. The summed E-state index contributed by atoms with van der Waals surface area (Å²) < 4.78 is 11.6. The molecule has 0 radical (unpaired) electrons. The minimum atomic E-state index is 0.0934. The number of carbonyl (C=O) groups is 1. The number of nitrogens with one attached hydrogen (secondary N) is 2. The Hall–Kier alpha value is -3.54. The number of rotatable bonds is 18. The maximum Gasteiger partial charge on any atom is 0.220 e. The summed E-state index contributed by atoms with van der Waals surface area (Å²) in [7, 11) is 1.66. The van der Waals surface area contributed by atoms with Crippen molar-refractivity contribution in [2.24, 2.45) is 5.92 Å². The number of aromatic nitrogens is 1. The zero-order chi connectivity index (χ0) is 30.3. The molecule has 2 aromatic carbocycles. The molecule has 1 aliphatic rings. The average molecular weight is 586 g/mol. The monoisotopic (exact) mass is 585 g/mol. The van der Waals surface area contributed by atoms with Crippen LogP contribution in [0.4, 0.5) is 5.69 Å². The van der Waals surface area contributed by atoms with Crippen molar-refractivity contribution in [3.63, 3.8) is 0 Å². The van der Waals surface area contributed by atoms with E-state index < -0.39 is 0 Å². The van der Waals surface area contributed by atoms with Gasteiger partial charge in [-0.2, -0.15) is 0 Å². The van der Waals surface area contributed by atoms with E-state index in [4.69, 9.17) is 14.5 Å². The minimum Gasteiger partial charge on any atom is -0.493 e. The normalized spacial score (nSPS) is 12.9. The topological polar surface area (TPSA) is 72.5 Å². The smallest absolute Gasteiger partial charge is 0.220 e. The summed E-state index contributed by atoms with van der Waals surface area (Å²) in [6.07, 6.45) is 17.1. The maximum absolute atomic E-state index is 12.2. The van der Waals surface area contributed by atoms with Crippen LogP contribution < -0.4 is 20.1 Å². The Kier molecular flexibility index (Phi) is 13.2. The van der Waals surface area contributed by atoms with Crippen LogP contribution in [-0.2, 0) is 24.2 Å². The molecule has 0 spiro atoms. The number of benzene rings is 2. The highest BCUT2D eigenvalue weighted by Crippen LogP contribution is 2.33. The van der Waals surface area contributed by atoms with Crippen LogP contribution in [-0.4, -0.2) is 31.2 Å². The van der Waals surface area contributed by atoms with E-state index in [1.807, 2.05) is 18.2 Å². The Morgan fingerprint density at radius 3 is 2.67 bits per heavy atom. The summed E-state index contributed by atoms with van der Waals surface area (Å²) in [6, 6.07) is 14.4. The number of hydrogen-bond acceptors (Lipinski definition) is 5. The van der Waals surface area contributed by atoms with Crippen molar-refractivity contribution in [1.29, 1.82) is 0 Å². The summed E-state index contributed by atoms with van der Waals surface area (Å²) in [5.74, 6) is 2.14. The first-order valence-corrected chi connectivity index (χ1v) is 16.4.